The molecule has 1 N–H and O–H groups in total. The molecule has 0 bridgehead atoms. The van der Waals surface area contributed by atoms with Gasteiger partial charge in [0.05, 0.1) is 17.4 Å². The fourth-order valence-corrected chi connectivity index (χ4v) is 4.13. The summed E-state index contributed by atoms with van der Waals surface area (Å²) in [5.74, 6) is -0.417. The number of rotatable bonds is 8. The lowest BCUT2D eigenvalue weighted by molar-refractivity contribution is -0.121. The Morgan fingerprint density at radius 3 is 2.52 bits per heavy atom. The zero-order valence-corrected chi connectivity index (χ0v) is 17.8. The first-order valence-corrected chi connectivity index (χ1v) is 10.7. The minimum Gasteiger partial charge on any atom is -0.379 e. The van der Waals surface area contributed by atoms with Crippen LogP contribution in [-0.2, 0) is 9.53 Å². The largest absolute Gasteiger partial charge is 0.379 e. The van der Waals surface area contributed by atoms with Gasteiger partial charge in [0.15, 0.2) is 0 Å². The molecule has 0 unspecified atom stereocenters. The van der Waals surface area contributed by atoms with E-state index in [2.05, 4.69) is 5.32 Å². The fourth-order valence-electron chi connectivity index (χ4n) is 4.13. The van der Waals surface area contributed by atoms with Crippen molar-refractivity contribution in [1.82, 2.24) is 10.2 Å². The van der Waals surface area contributed by atoms with E-state index in [1.807, 2.05) is 38.1 Å². The Balaban J connectivity index is 1.49. The molecule has 1 atom stereocenters. The van der Waals surface area contributed by atoms with Crippen molar-refractivity contribution >= 4 is 23.4 Å². The predicted molar refractivity (Wildman–Crippen MR) is 117 cm³/mol. The number of hydrogen-bond acceptors (Lipinski definition) is 4. The second kappa shape index (κ2) is 8.89. The maximum atomic E-state index is 13.3. The van der Waals surface area contributed by atoms with Gasteiger partial charge in [-0.15, -0.1) is 0 Å². The van der Waals surface area contributed by atoms with Crippen LogP contribution in [0.25, 0.3) is 0 Å². The summed E-state index contributed by atoms with van der Waals surface area (Å²) in [6.07, 6.45) is 0.541. The van der Waals surface area contributed by atoms with Crippen LogP contribution in [0.5, 0.6) is 0 Å². The van der Waals surface area contributed by atoms with Crippen molar-refractivity contribution in [2.24, 2.45) is 0 Å². The highest BCUT2D eigenvalue weighted by Gasteiger charge is 2.47. The second-order valence-electron chi connectivity index (χ2n) is 8.02. The number of para-hydroxylation sites is 1. The van der Waals surface area contributed by atoms with E-state index in [0.717, 1.165) is 12.0 Å². The molecule has 0 aliphatic carbocycles. The van der Waals surface area contributed by atoms with Gasteiger partial charge >= 0.3 is 0 Å². The van der Waals surface area contributed by atoms with Crippen LogP contribution in [0.3, 0.4) is 0 Å². The summed E-state index contributed by atoms with van der Waals surface area (Å²) in [4.78, 5) is 42.1. The van der Waals surface area contributed by atoms with Crippen molar-refractivity contribution < 1.29 is 19.1 Å². The Morgan fingerprint density at radius 2 is 1.74 bits per heavy atom. The topological polar surface area (TPSA) is 79.0 Å². The smallest absolute Gasteiger partial charge is 0.260 e. The van der Waals surface area contributed by atoms with Gasteiger partial charge in [0.25, 0.3) is 11.8 Å². The third kappa shape index (κ3) is 4.05. The molecule has 31 heavy (non-hydrogen) atoms. The molecule has 3 amide bonds. The normalized spacial score (nSPS) is 16.9. The molecule has 2 aliphatic heterocycles. The molecule has 4 rings (SSSR count). The van der Waals surface area contributed by atoms with E-state index in [1.165, 1.54) is 0 Å². The molecule has 0 saturated heterocycles. The van der Waals surface area contributed by atoms with Crippen LogP contribution in [-0.4, -0.2) is 48.4 Å². The highest BCUT2D eigenvalue weighted by Crippen LogP contribution is 2.45. The van der Waals surface area contributed by atoms with E-state index in [-0.39, 0.29) is 36.8 Å². The molecule has 0 aromatic heterocycles. The number of carbonyl (C=O) groups is 3. The Hall–Kier alpha value is -3.19. The van der Waals surface area contributed by atoms with Crippen molar-refractivity contribution in [1.29, 1.82) is 0 Å². The van der Waals surface area contributed by atoms with Gasteiger partial charge in [-0.2, -0.15) is 0 Å². The number of nitrogens with zero attached hydrogens (tertiary/aromatic N) is 2. The van der Waals surface area contributed by atoms with Crippen LogP contribution < -0.4 is 10.2 Å². The molecule has 2 aromatic carbocycles. The van der Waals surface area contributed by atoms with Crippen molar-refractivity contribution in [2.75, 3.05) is 24.6 Å². The fraction of sp³-hybridized carbons (Fsp3) is 0.375. The zero-order chi connectivity index (χ0) is 22.0. The highest BCUT2D eigenvalue weighted by molar-refractivity contribution is 6.16. The molecular formula is C24H27N3O4. The summed E-state index contributed by atoms with van der Waals surface area (Å²) in [5, 5.41) is 2.88. The molecule has 0 fully saturated rings. The number of carbonyl (C=O) groups excluding carboxylic acids is 3. The SMILES string of the molecule is CC(C)OCCCNC(=O)CCN1C(=O)c2ccccc2N2C(=O)c3ccccc3[C@@H]12. The summed E-state index contributed by atoms with van der Waals surface area (Å²) in [6.45, 7) is 5.29. The third-order valence-corrected chi connectivity index (χ3v) is 5.56. The Morgan fingerprint density at radius 1 is 1.03 bits per heavy atom. The van der Waals surface area contributed by atoms with E-state index in [4.69, 9.17) is 4.74 Å². The van der Waals surface area contributed by atoms with Crippen LogP contribution >= 0.6 is 0 Å². The monoisotopic (exact) mass is 421 g/mol. The Bertz CT molecular complexity index is 1000. The molecule has 2 heterocycles. The highest BCUT2D eigenvalue weighted by atomic mass is 16.5. The lowest BCUT2D eigenvalue weighted by atomic mass is 10.0. The predicted octanol–water partition coefficient (Wildman–Crippen LogP) is 3.12. The third-order valence-electron chi connectivity index (χ3n) is 5.56. The first-order valence-electron chi connectivity index (χ1n) is 10.7. The summed E-state index contributed by atoms with van der Waals surface area (Å²) >= 11 is 0. The summed E-state index contributed by atoms with van der Waals surface area (Å²) in [6, 6.07) is 14.5. The van der Waals surface area contributed by atoms with E-state index < -0.39 is 6.17 Å². The molecule has 7 heteroatoms. The second-order valence-corrected chi connectivity index (χ2v) is 8.02. The first-order chi connectivity index (χ1) is 15.0. The minimum atomic E-state index is -0.529. The molecule has 0 saturated carbocycles. The summed E-state index contributed by atoms with van der Waals surface area (Å²) < 4.78 is 5.48. The molecule has 7 nitrogen and oxygen atoms in total. The van der Waals surface area contributed by atoms with Crippen molar-refractivity contribution in [2.45, 2.75) is 39.0 Å². The Kier molecular flexibility index (Phi) is 6.04. The summed E-state index contributed by atoms with van der Waals surface area (Å²) in [7, 11) is 0. The first kappa shape index (κ1) is 21.1. The standard InChI is InChI=1S/C24H27N3O4/c1-16(2)31-15-7-13-25-21(28)12-14-26-22-17-8-3-4-9-18(17)24(30)27(22)20-11-6-5-10-19(20)23(26)29/h3-6,8-11,16,22H,7,12-15H2,1-2H3,(H,25,28)/t22-/m0/s1. The number of fused-ring (bicyclic) bond motifs is 5. The van der Waals surface area contributed by atoms with E-state index in [9.17, 15) is 14.4 Å². The Labute approximate surface area is 182 Å². The lowest BCUT2D eigenvalue weighted by Gasteiger charge is -2.40. The number of hydrogen-bond donors (Lipinski definition) is 1. The van der Waals surface area contributed by atoms with Gasteiger partial charge in [-0.3, -0.25) is 19.3 Å². The maximum Gasteiger partial charge on any atom is 0.260 e. The minimum absolute atomic E-state index is 0.125. The van der Waals surface area contributed by atoms with Gasteiger partial charge < -0.3 is 15.0 Å². The van der Waals surface area contributed by atoms with Crippen LogP contribution in [0, 0.1) is 0 Å². The lowest BCUT2D eigenvalue weighted by Crippen LogP contribution is -2.49. The van der Waals surface area contributed by atoms with Crippen LogP contribution in [0.4, 0.5) is 5.69 Å². The van der Waals surface area contributed by atoms with Crippen molar-refractivity contribution in [3.63, 3.8) is 0 Å². The molecule has 2 aromatic rings. The van der Waals surface area contributed by atoms with E-state index >= 15 is 0 Å². The van der Waals surface area contributed by atoms with Crippen LogP contribution in [0.15, 0.2) is 48.5 Å². The van der Waals surface area contributed by atoms with Crippen LogP contribution in [0.1, 0.15) is 59.1 Å². The summed E-state index contributed by atoms with van der Waals surface area (Å²) in [5.41, 5.74) is 2.48. The van der Waals surface area contributed by atoms with Crippen molar-refractivity contribution in [3.8, 4) is 0 Å². The number of nitrogens with one attached hydrogen (secondary N) is 1. The quantitative estimate of drug-likeness (QED) is 0.665. The van der Waals surface area contributed by atoms with Gasteiger partial charge in [0, 0.05) is 37.2 Å². The van der Waals surface area contributed by atoms with Crippen molar-refractivity contribution in [3.05, 3.63) is 65.2 Å². The van der Waals surface area contributed by atoms with Gasteiger partial charge in [-0.25, -0.2) is 0 Å². The molecule has 0 spiro atoms. The van der Waals surface area contributed by atoms with Gasteiger partial charge in [0.2, 0.25) is 5.91 Å². The zero-order valence-electron chi connectivity index (χ0n) is 17.8. The van der Waals surface area contributed by atoms with Gasteiger partial charge in [-0.05, 0) is 38.5 Å². The molecule has 162 valence electrons. The van der Waals surface area contributed by atoms with Crippen LogP contribution in [0.2, 0.25) is 0 Å². The van der Waals surface area contributed by atoms with E-state index in [1.54, 1.807) is 34.1 Å². The average Bonchev–Trinajstić information content (AvgIpc) is 3.06. The number of amides is 3. The van der Waals surface area contributed by atoms with Gasteiger partial charge in [-0.1, -0.05) is 30.3 Å². The molecular weight excluding hydrogens is 394 g/mol. The van der Waals surface area contributed by atoms with Gasteiger partial charge in [0.1, 0.15) is 6.17 Å². The number of anilines is 1. The number of ether oxygens (including phenoxy) is 1. The molecule has 2 aliphatic rings. The van der Waals surface area contributed by atoms with E-state index in [0.29, 0.717) is 30.0 Å². The maximum absolute atomic E-state index is 13.3. The molecule has 0 radical (unpaired) electrons. The average molecular weight is 421 g/mol. The number of benzene rings is 2.